The molecule has 0 unspecified atom stereocenters. The zero-order chi connectivity index (χ0) is 26.1. The predicted octanol–water partition coefficient (Wildman–Crippen LogP) is 4.14. The number of rotatable bonds is 11. The number of anilines is 2. The number of benzene rings is 1. The Hall–Kier alpha value is -2.85. The van der Waals surface area contributed by atoms with Crippen LogP contribution in [-0.2, 0) is 9.53 Å². The number of nitrogens with zero attached hydrogens (tertiary/aromatic N) is 2. The summed E-state index contributed by atoms with van der Waals surface area (Å²) in [5.41, 5.74) is 2.00. The molecule has 0 bridgehead atoms. The van der Waals surface area contributed by atoms with Crippen molar-refractivity contribution < 1.29 is 22.7 Å². The van der Waals surface area contributed by atoms with E-state index < -0.39 is 24.2 Å². The van der Waals surface area contributed by atoms with Crippen LogP contribution in [0.15, 0.2) is 48.8 Å². The van der Waals surface area contributed by atoms with Crippen molar-refractivity contribution in [2.75, 3.05) is 43.1 Å². The topological polar surface area (TPSA) is 78.5 Å². The molecule has 0 radical (unpaired) electrons. The lowest BCUT2D eigenvalue weighted by Gasteiger charge is -2.29. The molecular weight excluding hydrogens is 471 g/mol. The molecule has 10 heteroatoms. The number of hydrogen-bond acceptors (Lipinski definition) is 6. The second-order valence-corrected chi connectivity index (χ2v) is 9.55. The van der Waals surface area contributed by atoms with Gasteiger partial charge in [-0.1, -0.05) is 19.9 Å². The van der Waals surface area contributed by atoms with Gasteiger partial charge in [0, 0.05) is 49.4 Å². The lowest BCUT2D eigenvalue weighted by atomic mass is 10.00. The minimum Gasteiger partial charge on any atom is -0.383 e. The number of amides is 1. The van der Waals surface area contributed by atoms with Gasteiger partial charge in [-0.2, -0.15) is 13.2 Å². The first-order chi connectivity index (χ1) is 17.1. The number of carbonyl (C=O) groups excluding carboxylic acids is 1. The van der Waals surface area contributed by atoms with Gasteiger partial charge in [0.25, 0.3) is 0 Å². The first kappa shape index (κ1) is 27.7. The van der Waals surface area contributed by atoms with Gasteiger partial charge in [-0.05, 0) is 55.2 Å². The average molecular weight is 508 g/mol. The minimum absolute atomic E-state index is 0.0226. The largest absolute Gasteiger partial charge is 0.407 e. The third-order valence-corrected chi connectivity index (χ3v) is 5.98. The van der Waals surface area contributed by atoms with E-state index >= 15 is 0 Å². The molecule has 1 aliphatic heterocycles. The Labute approximate surface area is 210 Å². The molecule has 3 N–H and O–H groups in total. The highest BCUT2D eigenvalue weighted by atomic mass is 19.4. The number of ether oxygens (including phenoxy) is 1. The van der Waals surface area contributed by atoms with Gasteiger partial charge in [0.2, 0.25) is 5.91 Å². The van der Waals surface area contributed by atoms with Gasteiger partial charge in [0.1, 0.15) is 6.04 Å². The van der Waals surface area contributed by atoms with Gasteiger partial charge in [-0.3, -0.25) is 15.1 Å². The molecule has 3 rings (SSSR count). The number of carbonyl (C=O) groups is 1. The second-order valence-electron chi connectivity index (χ2n) is 9.55. The van der Waals surface area contributed by atoms with Crippen LogP contribution in [0.3, 0.4) is 0 Å². The Bertz CT molecular complexity index is 935. The van der Waals surface area contributed by atoms with E-state index in [9.17, 15) is 18.0 Å². The molecule has 1 amide bonds. The van der Waals surface area contributed by atoms with E-state index in [-0.39, 0.29) is 23.9 Å². The normalized spacial score (nSPS) is 16.9. The SMILES string of the molecule is CC(C)C[C@H](N[C@@H](c1cccnc1)C(F)(F)F)C(=O)N[C@@H](C)CNc1ccc(N2CCOCC2)cc1. The van der Waals surface area contributed by atoms with E-state index in [1.165, 1.54) is 24.5 Å². The lowest BCUT2D eigenvalue weighted by Crippen LogP contribution is -2.52. The van der Waals surface area contributed by atoms with Crippen LogP contribution < -0.4 is 20.9 Å². The highest BCUT2D eigenvalue weighted by molar-refractivity contribution is 5.82. The number of aromatic nitrogens is 1. The monoisotopic (exact) mass is 507 g/mol. The van der Waals surface area contributed by atoms with Crippen LogP contribution in [0.1, 0.15) is 38.8 Å². The summed E-state index contributed by atoms with van der Waals surface area (Å²) >= 11 is 0. The molecule has 1 aliphatic rings. The third-order valence-electron chi connectivity index (χ3n) is 5.98. The molecule has 0 aliphatic carbocycles. The van der Waals surface area contributed by atoms with Gasteiger partial charge < -0.3 is 20.3 Å². The Kier molecular flexibility index (Phi) is 9.95. The maximum atomic E-state index is 13.8. The molecule has 2 aromatic rings. The molecule has 1 aromatic heterocycles. The molecule has 1 saturated heterocycles. The Morgan fingerprint density at radius 3 is 2.39 bits per heavy atom. The summed E-state index contributed by atoms with van der Waals surface area (Å²) in [5, 5.41) is 8.69. The van der Waals surface area contributed by atoms with Gasteiger partial charge >= 0.3 is 6.18 Å². The van der Waals surface area contributed by atoms with Crippen molar-refractivity contribution in [1.29, 1.82) is 0 Å². The fraction of sp³-hybridized carbons (Fsp3) is 0.538. The fourth-order valence-electron chi connectivity index (χ4n) is 4.13. The summed E-state index contributed by atoms with van der Waals surface area (Å²) in [5.74, 6) is -0.437. The standard InChI is InChI=1S/C26H36F3N5O2/c1-18(2)15-23(33-24(26(27,28)29)20-5-4-10-30-17-20)25(35)32-19(3)16-31-21-6-8-22(9-7-21)34-11-13-36-14-12-34/h4-10,17-19,23-24,31,33H,11-16H2,1-3H3,(H,32,35)/t19-,23-,24-/m0/s1. The number of nitrogens with one attached hydrogen (secondary N) is 3. The summed E-state index contributed by atoms with van der Waals surface area (Å²) in [6.45, 7) is 9.16. The van der Waals surface area contributed by atoms with E-state index in [2.05, 4.69) is 25.8 Å². The summed E-state index contributed by atoms with van der Waals surface area (Å²) in [6, 6.07) is 7.55. The molecule has 0 saturated carbocycles. The molecule has 1 fully saturated rings. The van der Waals surface area contributed by atoms with Gasteiger partial charge in [0.05, 0.1) is 19.3 Å². The highest BCUT2D eigenvalue weighted by Crippen LogP contribution is 2.33. The smallest absolute Gasteiger partial charge is 0.383 e. The van der Waals surface area contributed by atoms with E-state index in [4.69, 9.17) is 4.74 Å². The van der Waals surface area contributed by atoms with Gasteiger partial charge in [-0.15, -0.1) is 0 Å². The molecule has 36 heavy (non-hydrogen) atoms. The first-order valence-corrected chi connectivity index (χ1v) is 12.3. The quantitative estimate of drug-likeness (QED) is 0.424. The van der Waals surface area contributed by atoms with Crippen LogP contribution in [0.4, 0.5) is 24.5 Å². The third kappa shape index (κ3) is 8.37. The van der Waals surface area contributed by atoms with Crippen molar-refractivity contribution in [3.05, 3.63) is 54.4 Å². The van der Waals surface area contributed by atoms with Crippen LogP contribution in [0.2, 0.25) is 0 Å². The molecule has 198 valence electrons. The van der Waals surface area contributed by atoms with Crippen molar-refractivity contribution in [2.45, 2.75) is 51.5 Å². The van der Waals surface area contributed by atoms with Crippen molar-refractivity contribution in [3.8, 4) is 0 Å². The Morgan fingerprint density at radius 2 is 1.81 bits per heavy atom. The predicted molar refractivity (Wildman–Crippen MR) is 135 cm³/mol. The fourth-order valence-corrected chi connectivity index (χ4v) is 4.13. The minimum atomic E-state index is -4.57. The van der Waals surface area contributed by atoms with E-state index in [0.29, 0.717) is 6.54 Å². The van der Waals surface area contributed by atoms with Crippen LogP contribution in [0, 0.1) is 5.92 Å². The summed E-state index contributed by atoms with van der Waals surface area (Å²) in [4.78, 5) is 19.1. The first-order valence-electron chi connectivity index (χ1n) is 12.3. The van der Waals surface area contributed by atoms with Crippen LogP contribution in [0.25, 0.3) is 0 Å². The zero-order valence-corrected chi connectivity index (χ0v) is 21.0. The molecule has 1 aromatic carbocycles. The van der Waals surface area contributed by atoms with Crippen molar-refractivity contribution >= 4 is 17.3 Å². The number of pyridine rings is 1. The van der Waals surface area contributed by atoms with Crippen LogP contribution in [0.5, 0.6) is 0 Å². The zero-order valence-electron chi connectivity index (χ0n) is 21.0. The number of hydrogen-bond donors (Lipinski definition) is 3. The highest BCUT2D eigenvalue weighted by Gasteiger charge is 2.43. The lowest BCUT2D eigenvalue weighted by molar-refractivity contribution is -0.161. The molecule has 0 spiro atoms. The molecule has 3 atom stereocenters. The molecular formula is C26H36F3N5O2. The van der Waals surface area contributed by atoms with E-state index in [1.54, 1.807) is 0 Å². The number of alkyl halides is 3. The Morgan fingerprint density at radius 1 is 1.11 bits per heavy atom. The number of morpholine rings is 1. The maximum Gasteiger partial charge on any atom is 0.407 e. The summed E-state index contributed by atoms with van der Waals surface area (Å²) < 4.78 is 46.9. The van der Waals surface area contributed by atoms with Crippen LogP contribution >= 0.6 is 0 Å². The van der Waals surface area contributed by atoms with E-state index in [0.717, 1.165) is 37.7 Å². The van der Waals surface area contributed by atoms with Crippen molar-refractivity contribution in [1.82, 2.24) is 15.6 Å². The van der Waals surface area contributed by atoms with Crippen LogP contribution in [-0.4, -0.2) is 62.0 Å². The Balaban J connectivity index is 1.57. The summed E-state index contributed by atoms with van der Waals surface area (Å²) in [7, 11) is 0. The molecule has 2 heterocycles. The van der Waals surface area contributed by atoms with Crippen molar-refractivity contribution in [3.63, 3.8) is 0 Å². The summed E-state index contributed by atoms with van der Waals surface area (Å²) in [6.07, 6.45) is -1.71. The average Bonchev–Trinajstić information content (AvgIpc) is 2.85. The number of halogens is 3. The van der Waals surface area contributed by atoms with Gasteiger partial charge in [-0.25, -0.2) is 0 Å². The van der Waals surface area contributed by atoms with Gasteiger partial charge in [0.15, 0.2) is 0 Å². The second kappa shape index (κ2) is 12.9. The van der Waals surface area contributed by atoms with E-state index in [1.807, 2.05) is 45.0 Å². The maximum absolute atomic E-state index is 13.8. The molecule has 7 nitrogen and oxygen atoms in total. The van der Waals surface area contributed by atoms with Crippen molar-refractivity contribution in [2.24, 2.45) is 5.92 Å².